The molecule has 0 unspecified atom stereocenters. The first-order chi connectivity index (χ1) is 6.43. The standard InChI is InChI=1S/C9H14N2O3/c1-9(2,4-3-7(12)13)11-6-5-10-8(11)14/h5-6H,3-4H2,1-2H3,(H,10,14)(H,12,13). The van der Waals surface area contributed by atoms with Gasteiger partial charge >= 0.3 is 11.7 Å². The van der Waals surface area contributed by atoms with Gasteiger partial charge in [0.05, 0.1) is 0 Å². The molecule has 1 heterocycles. The smallest absolute Gasteiger partial charge is 0.325 e. The summed E-state index contributed by atoms with van der Waals surface area (Å²) < 4.78 is 1.51. The molecule has 0 saturated carbocycles. The molecule has 0 aliphatic heterocycles. The lowest BCUT2D eigenvalue weighted by molar-refractivity contribution is -0.137. The second-order valence-electron chi connectivity index (χ2n) is 3.84. The number of carbonyl (C=O) groups is 1. The molecule has 0 atom stereocenters. The van der Waals surface area contributed by atoms with Gasteiger partial charge in [0.15, 0.2) is 0 Å². The Bertz CT molecular complexity index is 375. The summed E-state index contributed by atoms with van der Waals surface area (Å²) in [7, 11) is 0. The highest BCUT2D eigenvalue weighted by Crippen LogP contribution is 2.19. The van der Waals surface area contributed by atoms with Crippen LogP contribution in [0.3, 0.4) is 0 Å². The van der Waals surface area contributed by atoms with E-state index in [1.165, 1.54) is 4.57 Å². The lowest BCUT2D eigenvalue weighted by Crippen LogP contribution is -2.34. The van der Waals surface area contributed by atoms with Gasteiger partial charge in [-0.05, 0) is 20.3 Å². The molecule has 14 heavy (non-hydrogen) atoms. The van der Waals surface area contributed by atoms with Gasteiger partial charge < -0.3 is 10.1 Å². The highest BCUT2D eigenvalue weighted by Gasteiger charge is 2.22. The molecule has 1 rings (SSSR count). The van der Waals surface area contributed by atoms with Crippen LogP contribution in [0.2, 0.25) is 0 Å². The summed E-state index contributed by atoms with van der Waals surface area (Å²) in [5, 5.41) is 8.55. The molecular weight excluding hydrogens is 184 g/mol. The van der Waals surface area contributed by atoms with Gasteiger partial charge in [-0.25, -0.2) is 4.79 Å². The summed E-state index contributed by atoms with van der Waals surface area (Å²) in [6, 6.07) is 0. The molecule has 78 valence electrons. The summed E-state index contributed by atoms with van der Waals surface area (Å²) in [5.74, 6) is -0.846. The summed E-state index contributed by atoms with van der Waals surface area (Å²) in [6.45, 7) is 3.68. The Kier molecular flexibility index (Phi) is 2.78. The second kappa shape index (κ2) is 3.69. The van der Waals surface area contributed by atoms with Crippen molar-refractivity contribution in [3.63, 3.8) is 0 Å². The fourth-order valence-corrected chi connectivity index (χ4v) is 1.33. The third-order valence-corrected chi connectivity index (χ3v) is 2.25. The fourth-order valence-electron chi connectivity index (χ4n) is 1.33. The van der Waals surface area contributed by atoms with Crippen molar-refractivity contribution < 1.29 is 9.90 Å². The number of rotatable bonds is 4. The van der Waals surface area contributed by atoms with Crippen LogP contribution in [0.1, 0.15) is 26.7 Å². The zero-order chi connectivity index (χ0) is 10.8. The van der Waals surface area contributed by atoms with Crippen molar-refractivity contribution in [3.8, 4) is 0 Å². The van der Waals surface area contributed by atoms with Crippen LogP contribution in [0.5, 0.6) is 0 Å². The first kappa shape index (κ1) is 10.6. The minimum absolute atomic E-state index is 0.0601. The zero-order valence-electron chi connectivity index (χ0n) is 8.28. The van der Waals surface area contributed by atoms with Crippen molar-refractivity contribution >= 4 is 5.97 Å². The molecule has 0 aromatic carbocycles. The molecule has 0 radical (unpaired) electrons. The van der Waals surface area contributed by atoms with Crippen LogP contribution in [0, 0.1) is 0 Å². The van der Waals surface area contributed by atoms with E-state index in [0.29, 0.717) is 6.42 Å². The zero-order valence-corrected chi connectivity index (χ0v) is 8.28. The van der Waals surface area contributed by atoms with E-state index in [1.807, 2.05) is 13.8 Å². The normalized spacial score (nSPS) is 11.6. The van der Waals surface area contributed by atoms with Crippen molar-refractivity contribution in [2.45, 2.75) is 32.2 Å². The maximum absolute atomic E-state index is 11.3. The number of nitrogens with one attached hydrogen (secondary N) is 1. The minimum atomic E-state index is -0.846. The van der Waals surface area contributed by atoms with Gasteiger partial charge in [0.1, 0.15) is 0 Å². The van der Waals surface area contributed by atoms with Crippen molar-refractivity contribution in [1.82, 2.24) is 9.55 Å². The summed E-state index contributed by atoms with van der Waals surface area (Å²) >= 11 is 0. The largest absolute Gasteiger partial charge is 0.481 e. The number of aliphatic carboxylic acids is 1. The van der Waals surface area contributed by atoms with E-state index in [9.17, 15) is 9.59 Å². The summed E-state index contributed by atoms with van der Waals surface area (Å²) in [5.41, 5.74) is -0.671. The number of aromatic amines is 1. The average Bonchev–Trinajstić information content (AvgIpc) is 2.48. The van der Waals surface area contributed by atoms with Crippen LogP contribution in [0.15, 0.2) is 17.2 Å². The van der Waals surface area contributed by atoms with Gasteiger partial charge in [-0.1, -0.05) is 0 Å². The monoisotopic (exact) mass is 198 g/mol. The van der Waals surface area contributed by atoms with Gasteiger partial charge in [-0.3, -0.25) is 9.36 Å². The van der Waals surface area contributed by atoms with E-state index in [4.69, 9.17) is 5.11 Å². The van der Waals surface area contributed by atoms with Gasteiger partial charge in [0.25, 0.3) is 0 Å². The van der Waals surface area contributed by atoms with Gasteiger partial charge in [0.2, 0.25) is 0 Å². The Morgan fingerprint density at radius 1 is 1.64 bits per heavy atom. The first-order valence-corrected chi connectivity index (χ1v) is 4.42. The number of carboxylic acid groups (broad SMARTS) is 1. The van der Waals surface area contributed by atoms with E-state index >= 15 is 0 Å². The van der Waals surface area contributed by atoms with E-state index in [-0.39, 0.29) is 12.1 Å². The SMILES string of the molecule is CC(C)(CCC(=O)O)n1cc[nH]c1=O. The Hall–Kier alpha value is -1.52. The first-order valence-electron chi connectivity index (χ1n) is 4.42. The van der Waals surface area contributed by atoms with Gasteiger partial charge in [-0.15, -0.1) is 0 Å². The molecule has 5 nitrogen and oxygen atoms in total. The van der Waals surface area contributed by atoms with Crippen LogP contribution in [0.4, 0.5) is 0 Å². The summed E-state index contributed by atoms with van der Waals surface area (Å²) in [4.78, 5) is 24.2. The third kappa shape index (κ3) is 2.25. The molecule has 0 fully saturated rings. The average molecular weight is 198 g/mol. The lowest BCUT2D eigenvalue weighted by atomic mass is 9.98. The maximum atomic E-state index is 11.3. The molecule has 2 N–H and O–H groups in total. The van der Waals surface area contributed by atoms with Crippen molar-refractivity contribution in [1.29, 1.82) is 0 Å². The molecule has 0 spiro atoms. The third-order valence-electron chi connectivity index (χ3n) is 2.25. The second-order valence-corrected chi connectivity index (χ2v) is 3.84. The number of nitrogens with zero attached hydrogens (tertiary/aromatic N) is 1. The van der Waals surface area contributed by atoms with Gasteiger partial charge in [-0.2, -0.15) is 0 Å². The molecule has 5 heteroatoms. The van der Waals surface area contributed by atoms with Crippen LogP contribution in [-0.4, -0.2) is 20.6 Å². The van der Waals surface area contributed by atoms with Crippen LogP contribution in [0.25, 0.3) is 0 Å². The van der Waals surface area contributed by atoms with Crippen molar-refractivity contribution in [3.05, 3.63) is 22.9 Å². The van der Waals surface area contributed by atoms with Crippen molar-refractivity contribution in [2.24, 2.45) is 0 Å². The van der Waals surface area contributed by atoms with Crippen LogP contribution in [-0.2, 0) is 10.3 Å². The maximum Gasteiger partial charge on any atom is 0.325 e. The number of hydrogen-bond acceptors (Lipinski definition) is 2. The topological polar surface area (TPSA) is 75.1 Å². The van der Waals surface area contributed by atoms with E-state index in [2.05, 4.69) is 4.98 Å². The lowest BCUT2D eigenvalue weighted by Gasteiger charge is -2.24. The molecule has 1 aromatic rings. The predicted octanol–water partition coefficient (Wildman–Crippen LogP) is 0.776. The van der Waals surface area contributed by atoms with Crippen molar-refractivity contribution in [2.75, 3.05) is 0 Å². The number of hydrogen-bond donors (Lipinski definition) is 2. The van der Waals surface area contributed by atoms with Gasteiger partial charge in [0, 0.05) is 24.4 Å². The fraction of sp³-hybridized carbons (Fsp3) is 0.556. The number of aromatic nitrogens is 2. The molecule has 0 amide bonds. The Balaban J connectivity index is 2.80. The predicted molar refractivity (Wildman–Crippen MR) is 51.2 cm³/mol. The number of imidazole rings is 1. The Morgan fingerprint density at radius 2 is 2.29 bits per heavy atom. The molecular formula is C9H14N2O3. The highest BCUT2D eigenvalue weighted by molar-refractivity contribution is 5.66. The molecule has 0 bridgehead atoms. The quantitative estimate of drug-likeness (QED) is 0.750. The number of H-pyrrole nitrogens is 1. The molecule has 0 aliphatic carbocycles. The highest BCUT2D eigenvalue weighted by atomic mass is 16.4. The molecule has 0 saturated heterocycles. The van der Waals surface area contributed by atoms with E-state index in [0.717, 1.165) is 0 Å². The molecule has 0 aliphatic rings. The Labute approximate surface area is 81.4 Å². The van der Waals surface area contributed by atoms with E-state index < -0.39 is 11.5 Å². The van der Waals surface area contributed by atoms with Crippen LogP contribution < -0.4 is 5.69 Å². The van der Waals surface area contributed by atoms with Crippen LogP contribution >= 0.6 is 0 Å². The molecule has 1 aromatic heterocycles. The minimum Gasteiger partial charge on any atom is -0.481 e. The summed E-state index contributed by atoms with van der Waals surface area (Å²) in [6.07, 6.45) is 3.67. The number of carboxylic acids is 1. The van der Waals surface area contributed by atoms with E-state index in [1.54, 1.807) is 12.4 Å². The Morgan fingerprint density at radius 3 is 2.71 bits per heavy atom.